The summed E-state index contributed by atoms with van der Waals surface area (Å²) in [4.78, 5) is 4.04. The second-order valence-corrected chi connectivity index (χ2v) is 8.22. The molecule has 0 aliphatic carbocycles. The van der Waals surface area contributed by atoms with Crippen molar-refractivity contribution in [2.24, 2.45) is 0 Å². The van der Waals surface area contributed by atoms with Crippen LogP contribution in [-0.4, -0.2) is 18.6 Å². The number of hydrogen-bond donors (Lipinski definition) is 1. The first-order valence-electron chi connectivity index (χ1n) is 6.69. The SMILES string of the molecule is CC(C)(C)c1cc(CS(=O)(=O)NCc2cc(Cl)ccn2)no1. The molecule has 1 N–H and O–H groups in total. The van der Waals surface area contributed by atoms with Gasteiger partial charge in [-0.3, -0.25) is 4.98 Å². The molecule has 0 atom stereocenters. The molecular weight excluding hydrogens is 326 g/mol. The number of aromatic nitrogens is 2. The van der Waals surface area contributed by atoms with Crippen LogP contribution >= 0.6 is 11.6 Å². The summed E-state index contributed by atoms with van der Waals surface area (Å²) in [7, 11) is -3.53. The Labute approximate surface area is 134 Å². The number of sulfonamides is 1. The van der Waals surface area contributed by atoms with Crippen molar-refractivity contribution in [2.45, 2.75) is 38.5 Å². The largest absolute Gasteiger partial charge is 0.361 e. The molecule has 0 aromatic carbocycles. The third-order valence-electron chi connectivity index (χ3n) is 2.89. The summed E-state index contributed by atoms with van der Waals surface area (Å²) in [5.74, 6) is 0.405. The van der Waals surface area contributed by atoms with E-state index in [-0.39, 0.29) is 17.7 Å². The molecular formula is C14H18ClN3O3S. The van der Waals surface area contributed by atoms with Crippen LogP contribution < -0.4 is 4.72 Å². The maximum Gasteiger partial charge on any atom is 0.217 e. The zero-order valence-corrected chi connectivity index (χ0v) is 14.2. The second kappa shape index (κ2) is 6.36. The molecule has 0 saturated heterocycles. The molecule has 2 heterocycles. The number of hydrogen-bond acceptors (Lipinski definition) is 5. The fraction of sp³-hybridized carbons (Fsp3) is 0.429. The molecule has 120 valence electrons. The molecule has 6 nitrogen and oxygen atoms in total. The van der Waals surface area contributed by atoms with Gasteiger partial charge in [-0.05, 0) is 12.1 Å². The molecule has 2 aromatic rings. The summed E-state index contributed by atoms with van der Waals surface area (Å²) in [6.45, 7) is 5.98. The van der Waals surface area contributed by atoms with Crippen LogP contribution in [0.2, 0.25) is 5.02 Å². The number of nitrogens with zero attached hydrogens (tertiary/aromatic N) is 2. The quantitative estimate of drug-likeness (QED) is 0.902. The fourth-order valence-corrected chi connectivity index (χ4v) is 2.89. The van der Waals surface area contributed by atoms with Gasteiger partial charge in [0.25, 0.3) is 0 Å². The van der Waals surface area contributed by atoms with Crippen LogP contribution in [0, 0.1) is 0 Å². The standard InChI is InChI=1S/C14H18ClN3O3S/c1-14(2,3)13-7-12(18-21-13)9-22(19,20)17-8-11-6-10(15)4-5-16-11/h4-7,17H,8-9H2,1-3H3. The van der Waals surface area contributed by atoms with Crippen LogP contribution in [0.3, 0.4) is 0 Å². The van der Waals surface area contributed by atoms with Crippen molar-refractivity contribution in [3.8, 4) is 0 Å². The molecule has 0 aliphatic rings. The molecule has 8 heteroatoms. The Hall–Kier alpha value is -1.44. The van der Waals surface area contributed by atoms with Crippen LogP contribution in [0.1, 0.15) is 37.9 Å². The molecule has 0 unspecified atom stereocenters. The Morgan fingerprint density at radius 3 is 2.59 bits per heavy atom. The van der Waals surface area contributed by atoms with E-state index in [9.17, 15) is 8.42 Å². The molecule has 2 aromatic heterocycles. The number of pyridine rings is 1. The predicted molar refractivity (Wildman–Crippen MR) is 83.9 cm³/mol. The molecule has 0 radical (unpaired) electrons. The molecule has 0 amide bonds. The molecule has 0 spiro atoms. The van der Waals surface area contributed by atoms with Crippen molar-refractivity contribution in [1.29, 1.82) is 0 Å². The third kappa shape index (κ3) is 4.79. The average molecular weight is 344 g/mol. The van der Waals surface area contributed by atoms with Gasteiger partial charge in [-0.25, -0.2) is 13.1 Å². The molecule has 0 saturated carbocycles. The lowest BCUT2D eigenvalue weighted by Crippen LogP contribution is -2.25. The summed E-state index contributed by atoms with van der Waals surface area (Å²) < 4.78 is 31.8. The van der Waals surface area contributed by atoms with Crippen molar-refractivity contribution in [1.82, 2.24) is 14.9 Å². The third-order valence-corrected chi connectivity index (χ3v) is 4.38. The topological polar surface area (TPSA) is 85.1 Å². The van der Waals surface area contributed by atoms with Gasteiger partial charge in [0.1, 0.15) is 17.2 Å². The lowest BCUT2D eigenvalue weighted by Gasteiger charge is -2.12. The van der Waals surface area contributed by atoms with Gasteiger partial charge in [0.2, 0.25) is 10.0 Å². The summed E-state index contributed by atoms with van der Waals surface area (Å²) in [6, 6.07) is 4.90. The molecule has 2 rings (SSSR count). The molecule has 0 fully saturated rings. The average Bonchev–Trinajstić information content (AvgIpc) is 2.84. The normalized spacial score (nSPS) is 12.5. The van der Waals surface area contributed by atoms with Crippen molar-refractivity contribution in [2.75, 3.05) is 0 Å². The van der Waals surface area contributed by atoms with E-state index in [0.29, 0.717) is 22.2 Å². The van der Waals surface area contributed by atoms with Crippen molar-refractivity contribution >= 4 is 21.6 Å². The first-order valence-corrected chi connectivity index (χ1v) is 8.72. The molecule has 22 heavy (non-hydrogen) atoms. The zero-order chi connectivity index (χ0) is 16.4. The van der Waals surface area contributed by atoms with Crippen LogP contribution in [-0.2, 0) is 27.7 Å². The second-order valence-electron chi connectivity index (χ2n) is 5.98. The first-order chi connectivity index (χ1) is 10.2. The Morgan fingerprint density at radius 1 is 1.27 bits per heavy atom. The molecule has 0 bridgehead atoms. The van der Waals surface area contributed by atoms with Gasteiger partial charge >= 0.3 is 0 Å². The summed E-state index contributed by atoms with van der Waals surface area (Å²) in [5, 5.41) is 4.32. The zero-order valence-electron chi connectivity index (χ0n) is 12.6. The van der Waals surface area contributed by atoms with Crippen molar-refractivity contribution in [3.05, 3.63) is 46.6 Å². The fourth-order valence-electron chi connectivity index (χ4n) is 1.71. The minimum atomic E-state index is -3.53. The Balaban J connectivity index is 2.01. The van der Waals surface area contributed by atoms with Gasteiger partial charge in [-0.2, -0.15) is 0 Å². The van der Waals surface area contributed by atoms with Crippen molar-refractivity contribution < 1.29 is 12.9 Å². The van der Waals surface area contributed by atoms with Crippen molar-refractivity contribution in [3.63, 3.8) is 0 Å². The smallest absolute Gasteiger partial charge is 0.217 e. The van der Waals surface area contributed by atoms with Gasteiger partial charge in [-0.15, -0.1) is 0 Å². The number of nitrogens with one attached hydrogen (secondary N) is 1. The van der Waals surface area contributed by atoms with E-state index in [1.165, 1.54) is 6.20 Å². The number of rotatable bonds is 5. The van der Waals surface area contributed by atoms with E-state index in [4.69, 9.17) is 16.1 Å². The number of halogens is 1. The van der Waals surface area contributed by atoms with E-state index < -0.39 is 10.0 Å². The van der Waals surface area contributed by atoms with E-state index in [2.05, 4.69) is 14.9 Å². The van der Waals surface area contributed by atoms with Gasteiger partial charge < -0.3 is 4.52 Å². The lowest BCUT2D eigenvalue weighted by molar-refractivity contribution is 0.326. The minimum Gasteiger partial charge on any atom is -0.361 e. The Morgan fingerprint density at radius 2 is 2.00 bits per heavy atom. The van der Waals surface area contributed by atoms with Gasteiger partial charge in [0, 0.05) is 22.7 Å². The monoisotopic (exact) mass is 343 g/mol. The molecule has 0 aliphatic heterocycles. The van der Waals surface area contributed by atoms with Crippen LogP contribution in [0.25, 0.3) is 0 Å². The van der Waals surface area contributed by atoms with Crippen LogP contribution in [0.5, 0.6) is 0 Å². The lowest BCUT2D eigenvalue weighted by atomic mass is 9.93. The van der Waals surface area contributed by atoms with E-state index in [0.717, 1.165) is 0 Å². The Bertz CT molecular complexity index is 751. The first kappa shape index (κ1) is 16.9. The minimum absolute atomic E-state index is 0.0763. The van der Waals surface area contributed by atoms with E-state index in [1.54, 1.807) is 18.2 Å². The van der Waals surface area contributed by atoms with Gasteiger partial charge in [0.05, 0.1) is 12.2 Å². The van der Waals surface area contributed by atoms with Crippen LogP contribution in [0.4, 0.5) is 0 Å². The predicted octanol–water partition coefficient (Wildman–Crippen LogP) is 2.64. The highest BCUT2D eigenvalue weighted by Crippen LogP contribution is 2.23. The highest BCUT2D eigenvalue weighted by molar-refractivity contribution is 7.88. The van der Waals surface area contributed by atoms with Gasteiger partial charge in [-0.1, -0.05) is 37.5 Å². The van der Waals surface area contributed by atoms with E-state index in [1.807, 2.05) is 20.8 Å². The Kier molecular flexibility index (Phi) is 4.89. The maximum atomic E-state index is 12.1. The summed E-state index contributed by atoms with van der Waals surface area (Å²) >= 11 is 5.83. The van der Waals surface area contributed by atoms with Crippen LogP contribution in [0.15, 0.2) is 28.9 Å². The highest BCUT2D eigenvalue weighted by Gasteiger charge is 2.22. The highest BCUT2D eigenvalue weighted by atomic mass is 35.5. The van der Waals surface area contributed by atoms with E-state index >= 15 is 0 Å². The van der Waals surface area contributed by atoms with Gasteiger partial charge in [0.15, 0.2) is 0 Å². The summed E-state index contributed by atoms with van der Waals surface area (Å²) in [6.07, 6.45) is 1.53. The maximum absolute atomic E-state index is 12.1. The summed E-state index contributed by atoms with van der Waals surface area (Å²) in [5.41, 5.74) is 0.704.